The number of rotatable bonds is 4. The van der Waals surface area contributed by atoms with Crippen LogP contribution in [0.2, 0.25) is 5.02 Å². The van der Waals surface area contributed by atoms with Crippen molar-refractivity contribution in [1.29, 1.82) is 0 Å². The molecule has 0 unspecified atom stereocenters. The monoisotopic (exact) mass is 494 g/mol. The van der Waals surface area contributed by atoms with Crippen molar-refractivity contribution in [3.8, 4) is 11.5 Å². The lowest BCUT2D eigenvalue weighted by atomic mass is 10.2. The zero-order chi connectivity index (χ0) is 21.1. The zero-order valence-corrected chi connectivity index (χ0v) is 18.9. The normalized spacial score (nSPS) is 16.6. The Labute approximate surface area is 185 Å². The number of halogens is 2. The SMILES string of the molecule is COc1cc(/C=C2\SC(=Nc3ccc(Br)c(Cl)c3)N(C)C2=O)ccc1OC(C)=O. The van der Waals surface area contributed by atoms with Gasteiger partial charge in [0, 0.05) is 18.4 Å². The summed E-state index contributed by atoms with van der Waals surface area (Å²) in [6.07, 6.45) is 1.74. The number of hydrogen-bond donors (Lipinski definition) is 0. The molecule has 0 aromatic heterocycles. The van der Waals surface area contributed by atoms with Gasteiger partial charge in [0.05, 0.1) is 22.7 Å². The molecule has 0 atom stereocenters. The first-order chi connectivity index (χ1) is 13.8. The largest absolute Gasteiger partial charge is 0.493 e. The second kappa shape index (κ2) is 9.02. The van der Waals surface area contributed by atoms with Crippen LogP contribution in [-0.4, -0.2) is 36.1 Å². The topological polar surface area (TPSA) is 68.2 Å². The zero-order valence-electron chi connectivity index (χ0n) is 15.7. The summed E-state index contributed by atoms with van der Waals surface area (Å²) < 4.78 is 11.2. The smallest absolute Gasteiger partial charge is 0.308 e. The second-order valence-corrected chi connectivity index (χ2v) is 8.24. The van der Waals surface area contributed by atoms with E-state index in [4.69, 9.17) is 21.1 Å². The van der Waals surface area contributed by atoms with Crippen LogP contribution in [0.3, 0.4) is 0 Å². The van der Waals surface area contributed by atoms with E-state index in [0.29, 0.717) is 32.3 Å². The van der Waals surface area contributed by atoms with E-state index in [1.165, 1.54) is 30.7 Å². The highest BCUT2D eigenvalue weighted by molar-refractivity contribution is 9.10. The first-order valence-electron chi connectivity index (χ1n) is 8.36. The van der Waals surface area contributed by atoms with Crippen molar-refractivity contribution in [2.45, 2.75) is 6.92 Å². The van der Waals surface area contributed by atoms with Crippen molar-refractivity contribution >= 4 is 68.1 Å². The summed E-state index contributed by atoms with van der Waals surface area (Å²) >= 11 is 10.7. The number of thioether (sulfide) groups is 1. The molecule has 1 aliphatic rings. The summed E-state index contributed by atoms with van der Waals surface area (Å²) in [6.45, 7) is 1.32. The molecule has 2 aromatic rings. The fourth-order valence-electron chi connectivity index (χ4n) is 2.48. The highest BCUT2D eigenvalue weighted by Crippen LogP contribution is 2.36. The van der Waals surface area contributed by atoms with Crippen molar-refractivity contribution in [2.24, 2.45) is 4.99 Å². The number of ether oxygens (including phenoxy) is 2. The van der Waals surface area contributed by atoms with Gasteiger partial charge in [-0.15, -0.1) is 0 Å². The summed E-state index contributed by atoms with van der Waals surface area (Å²) in [5.41, 5.74) is 1.38. The van der Waals surface area contributed by atoms with Gasteiger partial charge in [-0.3, -0.25) is 14.5 Å². The Bertz CT molecular complexity index is 1050. The third-order valence-electron chi connectivity index (χ3n) is 3.87. The van der Waals surface area contributed by atoms with Gasteiger partial charge >= 0.3 is 5.97 Å². The van der Waals surface area contributed by atoms with E-state index in [1.807, 2.05) is 6.07 Å². The quantitative estimate of drug-likeness (QED) is 0.328. The van der Waals surface area contributed by atoms with Crippen molar-refractivity contribution < 1.29 is 19.1 Å². The lowest BCUT2D eigenvalue weighted by Crippen LogP contribution is -2.23. The van der Waals surface area contributed by atoms with Gasteiger partial charge in [0.1, 0.15) is 0 Å². The molecule has 0 saturated carbocycles. The number of likely N-dealkylation sites (N-methyl/N-ethyl adjacent to an activating group) is 1. The van der Waals surface area contributed by atoms with Gasteiger partial charge in [0.2, 0.25) is 0 Å². The Morgan fingerprint density at radius 2 is 2.00 bits per heavy atom. The Balaban J connectivity index is 1.88. The van der Waals surface area contributed by atoms with E-state index >= 15 is 0 Å². The van der Waals surface area contributed by atoms with Crippen LogP contribution in [0.1, 0.15) is 12.5 Å². The van der Waals surface area contributed by atoms with E-state index in [9.17, 15) is 9.59 Å². The number of nitrogens with zero attached hydrogens (tertiary/aromatic N) is 2. The molecule has 9 heteroatoms. The van der Waals surface area contributed by atoms with Crippen LogP contribution >= 0.6 is 39.3 Å². The van der Waals surface area contributed by atoms with Crippen LogP contribution in [0.5, 0.6) is 11.5 Å². The number of hydrogen-bond acceptors (Lipinski definition) is 6. The number of esters is 1. The third kappa shape index (κ3) is 5.01. The molecule has 3 rings (SSSR count). The Morgan fingerprint density at radius 3 is 2.66 bits per heavy atom. The molecule has 2 aromatic carbocycles. The number of aliphatic imine (C=N–C) groups is 1. The van der Waals surface area contributed by atoms with Gasteiger partial charge in [-0.05, 0) is 69.7 Å². The van der Waals surface area contributed by atoms with Crippen LogP contribution in [0.25, 0.3) is 6.08 Å². The van der Waals surface area contributed by atoms with Crippen LogP contribution in [0.4, 0.5) is 5.69 Å². The number of methoxy groups -OCH3 is 1. The summed E-state index contributed by atoms with van der Waals surface area (Å²) in [5, 5.41) is 1.09. The molecule has 6 nitrogen and oxygen atoms in total. The van der Waals surface area contributed by atoms with E-state index in [-0.39, 0.29) is 5.91 Å². The molecular weight excluding hydrogens is 480 g/mol. The van der Waals surface area contributed by atoms with Gasteiger partial charge in [-0.25, -0.2) is 4.99 Å². The fraction of sp³-hybridized carbons (Fsp3) is 0.150. The van der Waals surface area contributed by atoms with Crippen LogP contribution in [-0.2, 0) is 9.59 Å². The Kier molecular flexibility index (Phi) is 6.66. The molecule has 0 spiro atoms. The van der Waals surface area contributed by atoms with Crippen LogP contribution in [0, 0.1) is 0 Å². The summed E-state index contributed by atoms with van der Waals surface area (Å²) in [7, 11) is 3.15. The minimum absolute atomic E-state index is 0.167. The highest BCUT2D eigenvalue weighted by Gasteiger charge is 2.30. The molecule has 1 heterocycles. The molecular formula is C20H16BrClN2O4S. The molecule has 0 aliphatic carbocycles. The molecule has 1 saturated heterocycles. The lowest BCUT2D eigenvalue weighted by Gasteiger charge is -2.08. The van der Waals surface area contributed by atoms with Gasteiger partial charge in [-0.2, -0.15) is 0 Å². The minimum Gasteiger partial charge on any atom is -0.493 e. The minimum atomic E-state index is -0.438. The van der Waals surface area contributed by atoms with Gasteiger partial charge in [0.15, 0.2) is 16.7 Å². The maximum absolute atomic E-state index is 12.6. The molecule has 0 N–H and O–H groups in total. The van der Waals surface area contributed by atoms with Gasteiger partial charge < -0.3 is 9.47 Å². The summed E-state index contributed by atoms with van der Waals surface area (Å²) in [6, 6.07) is 10.4. The average Bonchev–Trinajstić information content (AvgIpc) is 2.93. The molecule has 1 aliphatic heterocycles. The van der Waals surface area contributed by atoms with Gasteiger partial charge in [-0.1, -0.05) is 17.7 Å². The third-order valence-corrected chi connectivity index (χ3v) is 6.16. The molecule has 0 bridgehead atoms. The number of carbonyl (C=O) groups is 2. The Hall–Kier alpha value is -2.29. The number of carbonyl (C=O) groups excluding carboxylic acids is 2. The van der Waals surface area contributed by atoms with Crippen molar-refractivity contribution in [2.75, 3.05) is 14.2 Å². The number of benzene rings is 2. The van der Waals surface area contributed by atoms with E-state index in [0.717, 1.165) is 10.0 Å². The average molecular weight is 496 g/mol. The maximum atomic E-state index is 12.6. The first kappa shape index (κ1) is 21.4. The Morgan fingerprint density at radius 1 is 1.24 bits per heavy atom. The lowest BCUT2D eigenvalue weighted by molar-refractivity contribution is -0.132. The summed E-state index contributed by atoms with van der Waals surface area (Å²) in [5.74, 6) is 0.113. The number of amidine groups is 1. The molecule has 0 radical (unpaired) electrons. The maximum Gasteiger partial charge on any atom is 0.308 e. The number of amides is 1. The van der Waals surface area contributed by atoms with Crippen molar-refractivity contribution in [3.05, 3.63) is 56.4 Å². The predicted octanol–water partition coefficient (Wildman–Crippen LogP) is 5.27. The first-order valence-corrected chi connectivity index (χ1v) is 10.3. The molecule has 1 amide bonds. The molecule has 29 heavy (non-hydrogen) atoms. The van der Waals surface area contributed by atoms with E-state index in [2.05, 4.69) is 20.9 Å². The van der Waals surface area contributed by atoms with E-state index in [1.54, 1.807) is 43.5 Å². The predicted molar refractivity (Wildman–Crippen MR) is 119 cm³/mol. The van der Waals surface area contributed by atoms with Crippen molar-refractivity contribution in [3.63, 3.8) is 0 Å². The fourth-order valence-corrected chi connectivity index (χ4v) is 3.89. The molecule has 150 valence electrons. The highest BCUT2D eigenvalue weighted by atomic mass is 79.9. The van der Waals surface area contributed by atoms with E-state index < -0.39 is 5.97 Å². The standard InChI is InChI=1S/C20H16BrClN2O4S/c1-11(25)28-16-7-4-12(8-17(16)27-3)9-18-19(26)24(2)20(29-18)23-13-5-6-14(21)15(22)10-13/h4-10H,1-3H3/b18-9-,23-20?. The second-order valence-electron chi connectivity index (χ2n) is 5.97. The molecule has 1 fully saturated rings. The summed E-state index contributed by atoms with van der Waals surface area (Å²) in [4.78, 5) is 30.3. The van der Waals surface area contributed by atoms with Crippen LogP contribution in [0.15, 0.2) is 50.8 Å². The van der Waals surface area contributed by atoms with Gasteiger partial charge in [0.25, 0.3) is 5.91 Å². The van der Waals surface area contributed by atoms with Crippen LogP contribution < -0.4 is 9.47 Å². The van der Waals surface area contributed by atoms with Crippen molar-refractivity contribution in [1.82, 2.24) is 4.90 Å².